The molecule has 0 saturated heterocycles. The fourth-order valence-corrected chi connectivity index (χ4v) is 2.76. The molecule has 2 aromatic heterocycles. The van der Waals surface area contributed by atoms with Crippen LogP contribution in [0.4, 0.5) is 0 Å². The molecule has 3 nitrogen and oxygen atoms in total. The molecule has 0 radical (unpaired) electrons. The van der Waals surface area contributed by atoms with E-state index in [9.17, 15) is 0 Å². The standard InChI is InChI=1S/C17H17ClN2O/c1-3-20-16(13-10-19-8-7-11(13)2)15-9-12-5-4-6-14(18)17(12)21-15/h4-10,16,20H,3H2,1-2H3. The number of rotatable bonds is 4. The quantitative estimate of drug-likeness (QED) is 0.771. The third-order valence-electron chi connectivity index (χ3n) is 3.60. The fraction of sp³-hybridized carbons (Fsp3) is 0.235. The van der Waals surface area contributed by atoms with Crippen molar-refractivity contribution in [3.05, 3.63) is 64.6 Å². The highest BCUT2D eigenvalue weighted by atomic mass is 35.5. The summed E-state index contributed by atoms with van der Waals surface area (Å²) >= 11 is 6.20. The Bertz CT molecular complexity index is 766. The lowest BCUT2D eigenvalue weighted by Gasteiger charge is -2.17. The predicted molar refractivity (Wildman–Crippen MR) is 85.7 cm³/mol. The molecular weight excluding hydrogens is 284 g/mol. The first-order chi connectivity index (χ1) is 10.2. The highest BCUT2D eigenvalue weighted by molar-refractivity contribution is 6.34. The monoisotopic (exact) mass is 300 g/mol. The summed E-state index contributed by atoms with van der Waals surface area (Å²) < 4.78 is 6.00. The second-order valence-corrected chi connectivity index (χ2v) is 5.44. The zero-order valence-electron chi connectivity index (χ0n) is 12.1. The van der Waals surface area contributed by atoms with Gasteiger partial charge in [-0.25, -0.2) is 0 Å². The van der Waals surface area contributed by atoms with Crippen molar-refractivity contribution >= 4 is 22.6 Å². The van der Waals surface area contributed by atoms with Crippen molar-refractivity contribution in [2.75, 3.05) is 6.54 Å². The van der Waals surface area contributed by atoms with E-state index in [0.29, 0.717) is 5.02 Å². The number of hydrogen-bond acceptors (Lipinski definition) is 3. The topological polar surface area (TPSA) is 38.1 Å². The molecule has 0 bridgehead atoms. The van der Waals surface area contributed by atoms with E-state index in [1.54, 1.807) is 6.20 Å². The van der Waals surface area contributed by atoms with Gasteiger partial charge in [0.1, 0.15) is 5.76 Å². The Morgan fingerprint density at radius 3 is 2.90 bits per heavy atom. The molecule has 1 unspecified atom stereocenters. The summed E-state index contributed by atoms with van der Waals surface area (Å²) in [7, 11) is 0. The van der Waals surface area contributed by atoms with E-state index in [4.69, 9.17) is 16.0 Å². The first-order valence-electron chi connectivity index (χ1n) is 7.02. The van der Waals surface area contributed by atoms with E-state index in [1.807, 2.05) is 36.5 Å². The lowest BCUT2D eigenvalue weighted by molar-refractivity contribution is 0.475. The molecule has 2 heterocycles. The van der Waals surface area contributed by atoms with Crippen LogP contribution < -0.4 is 5.32 Å². The van der Waals surface area contributed by atoms with Crippen LogP contribution in [0.5, 0.6) is 0 Å². The minimum Gasteiger partial charge on any atom is -0.457 e. The Morgan fingerprint density at radius 2 is 2.19 bits per heavy atom. The van der Waals surface area contributed by atoms with E-state index < -0.39 is 0 Å². The van der Waals surface area contributed by atoms with E-state index in [-0.39, 0.29) is 6.04 Å². The number of benzene rings is 1. The van der Waals surface area contributed by atoms with E-state index in [0.717, 1.165) is 28.8 Å². The van der Waals surface area contributed by atoms with Crippen LogP contribution in [0.3, 0.4) is 0 Å². The van der Waals surface area contributed by atoms with Gasteiger partial charge < -0.3 is 9.73 Å². The number of aryl methyl sites for hydroxylation is 1. The number of aromatic nitrogens is 1. The smallest absolute Gasteiger partial charge is 0.152 e. The maximum absolute atomic E-state index is 6.20. The summed E-state index contributed by atoms with van der Waals surface area (Å²) in [5.74, 6) is 0.857. The lowest BCUT2D eigenvalue weighted by Crippen LogP contribution is -2.22. The first-order valence-corrected chi connectivity index (χ1v) is 7.40. The molecular formula is C17H17ClN2O. The van der Waals surface area contributed by atoms with Crippen molar-refractivity contribution in [1.82, 2.24) is 10.3 Å². The van der Waals surface area contributed by atoms with Crippen LogP contribution in [-0.2, 0) is 0 Å². The Labute approximate surface area is 128 Å². The number of nitrogens with one attached hydrogen (secondary N) is 1. The van der Waals surface area contributed by atoms with Gasteiger partial charge in [-0.2, -0.15) is 0 Å². The second-order valence-electron chi connectivity index (χ2n) is 5.03. The average molecular weight is 301 g/mol. The van der Waals surface area contributed by atoms with Gasteiger partial charge in [0.15, 0.2) is 5.58 Å². The van der Waals surface area contributed by atoms with Crippen molar-refractivity contribution in [3.8, 4) is 0 Å². The molecule has 0 saturated carbocycles. The SMILES string of the molecule is CCNC(c1cc2cccc(Cl)c2o1)c1cnccc1C. The third kappa shape index (κ3) is 2.67. The summed E-state index contributed by atoms with van der Waals surface area (Å²) in [5.41, 5.74) is 3.04. The van der Waals surface area contributed by atoms with Crippen molar-refractivity contribution in [1.29, 1.82) is 0 Å². The number of nitrogens with zero attached hydrogens (tertiary/aromatic N) is 1. The number of para-hydroxylation sites is 1. The van der Waals surface area contributed by atoms with Crippen LogP contribution >= 0.6 is 11.6 Å². The van der Waals surface area contributed by atoms with Crippen LogP contribution in [0.15, 0.2) is 47.1 Å². The van der Waals surface area contributed by atoms with Crippen LogP contribution in [0.25, 0.3) is 11.0 Å². The maximum atomic E-state index is 6.20. The number of furan rings is 1. The normalized spacial score (nSPS) is 12.7. The highest BCUT2D eigenvalue weighted by Crippen LogP contribution is 2.32. The van der Waals surface area contributed by atoms with Gasteiger partial charge in [-0.15, -0.1) is 0 Å². The fourth-order valence-electron chi connectivity index (χ4n) is 2.54. The Morgan fingerprint density at radius 1 is 1.33 bits per heavy atom. The molecule has 0 aliphatic heterocycles. The van der Waals surface area contributed by atoms with Crippen molar-refractivity contribution in [2.45, 2.75) is 19.9 Å². The van der Waals surface area contributed by atoms with Gasteiger partial charge in [-0.3, -0.25) is 4.98 Å². The molecule has 1 aromatic carbocycles. The largest absolute Gasteiger partial charge is 0.457 e. The van der Waals surface area contributed by atoms with Gasteiger partial charge in [-0.05, 0) is 42.8 Å². The summed E-state index contributed by atoms with van der Waals surface area (Å²) in [4.78, 5) is 4.24. The summed E-state index contributed by atoms with van der Waals surface area (Å²) in [6, 6.07) is 9.81. The molecule has 0 spiro atoms. The number of fused-ring (bicyclic) bond motifs is 1. The van der Waals surface area contributed by atoms with Crippen molar-refractivity contribution < 1.29 is 4.42 Å². The highest BCUT2D eigenvalue weighted by Gasteiger charge is 2.20. The Hall–Kier alpha value is -1.84. The zero-order chi connectivity index (χ0) is 14.8. The van der Waals surface area contributed by atoms with Gasteiger partial charge in [0.05, 0.1) is 11.1 Å². The lowest BCUT2D eigenvalue weighted by atomic mass is 10.0. The Kier molecular flexibility index (Phi) is 3.95. The third-order valence-corrected chi connectivity index (χ3v) is 3.90. The second kappa shape index (κ2) is 5.88. The molecule has 108 valence electrons. The molecule has 21 heavy (non-hydrogen) atoms. The summed E-state index contributed by atoms with van der Waals surface area (Å²) in [5, 5.41) is 5.11. The molecule has 3 aromatic rings. The maximum Gasteiger partial charge on any atom is 0.152 e. The van der Waals surface area contributed by atoms with Gasteiger partial charge in [0.25, 0.3) is 0 Å². The molecule has 1 N–H and O–H groups in total. The van der Waals surface area contributed by atoms with Crippen LogP contribution in [0, 0.1) is 6.92 Å². The van der Waals surface area contributed by atoms with Crippen LogP contribution in [-0.4, -0.2) is 11.5 Å². The van der Waals surface area contributed by atoms with E-state index in [1.165, 1.54) is 5.56 Å². The van der Waals surface area contributed by atoms with Gasteiger partial charge in [0, 0.05) is 17.8 Å². The number of pyridine rings is 1. The Balaban J connectivity index is 2.11. The first kappa shape index (κ1) is 14.1. The number of halogens is 1. The summed E-state index contributed by atoms with van der Waals surface area (Å²) in [6.07, 6.45) is 3.69. The van der Waals surface area contributed by atoms with Crippen molar-refractivity contribution in [3.63, 3.8) is 0 Å². The predicted octanol–water partition coefficient (Wildman–Crippen LogP) is 4.49. The molecule has 3 rings (SSSR count). The average Bonchev–Trinajstić information content (AvgIpc) is 2.91. The molecule has 0 amide bonds. The van der Waals surface area contributed by atoms with E-state index in [2.05, 4.69) is 24.1 Å². The number of hydrogen-bond donors (Lipinski definition) is 1. The van der Waals surface area contributed by atoms with Crippen molar-refractivity contribution in [2.24, 2.45) is 0 Å². The molecule has 1 atom stereocenters. The molecule has 0 aliphatic rings. The minimum absolute atomic E-state index is 0.0211. The zero-order valence-corrected chi connectivity index (χ0v) is 12.8. The van der Waals surface area contributed by atoms with E-state index >= 15 is 0 Å². The van der Waals surface area contributed by atoms with Gasteiger partial charge in [-0.1, -0.05) is 30.7 Å². The van der Waals surface area contributed by atoms with Crippen LogP contribution in [0.1, 0.15) is 29.9 Å². The molecule has 4 heteroatoms. The van der Waals surface area contributed by atoms with Gasteiger partial charge >= 0.3 is 0 Å². The minimum atomic E-state index is -0.0211. The van der Waals surface area contributed by atoms with Gasteiger partial charge in [0.2, 0.25) is 0 Å². The molecule has 0 fully saturated rings. The van der Waals surface area contributed by atoms with Crippen LogP contribution in [0.2, 0.25) is 5.02 Å². The molecule has 0 aliphatic carbocycles. The summed E-state index contributed by atoms with van der Waals surface area (Å²) in [6.45, 7) is 5.00.